The highest BCUT2D eigenvalue weighted by atomic mass is 16.2. The lowest BCUT2D eigenvalue weighted by Gasteiger charge is -2.35. The van der Waals surface area contributed by atoms with Gasteiger partial charge in [0.1, 0.15) is 11.2 Å². The van der Waals surface area contributed by atoms with Crippen molar-refractivity contribution >= 4 is 22.9 Å². The molecule has 0 bridgehead atoms. The van der Waals surface area contributed by atoms with Crippen LogP contribution in [0.2, 0.25) is 0 Å². The van der Waals surface area contributed by atoms with Gasteiger partial charge in [-0.2, -0.15) is 5.10 Å². The zero-order valence-corrected chi connectivity index (χ0v) is 17.0. The van der Waals surface area contributed by atoms with Crippen LogP contribution >= 0.6 is 0 Å². The molecule has 0 saturated carbocycles. The average molecular weight is 394 g/mol. The fourth-order valence-electron chi connectivity index (χ4n) is 3.73. The quantitative estimate of drug-likeness (QED) is 0.707. The molecule has 0 spiro atoms. The lowest BCUT2D eigenvalue weighted by Crippen LogP contribution is -2.46. The largest absolute Gasteiger partial charge is 0.369 e. The number of fused-ring (bicyclic) bond motifs is 1. The van der Waals surface area contributed by atoms with Crippen molar-refractivity contribution in [2.75, 3.05) is 42.9 Å². The number of nitrogens with one attached hydrogen (secondary N) is 2. The van der Waals surface area contributed by atoms with Gasteiger partial charge in [-0.25, -0.2) is 4.52 Å². The number of likely N-dealkylation sites (N-methyl/N-ethyl adjacent to an activating group) is 1. The zero-order valence-electron chi connectivity index (χ0n) is 17.0. The first-order valence-electron chi connectivity index (χ1n) is 9.93. The first-order chi connectivity index (χ1) is 13.9. The molecule has 1 saturated heterocycles. The molecule has 2 aromatic heterocycles. The second-order valence-corrected chi connectivity index (χ2v) is 7.49. The number of piperazine rings is 1. The van der Waals surface area contributed by atoms with Crippen LogP contribution in [0.1, 0.15) is 28.5 Å². The molecule has 3 aromatic rings. The number of H-pyrrole nitrogens is 1. The maximum atomic E-state index is 12.7. The summed E-state index contributed by atoms with van der Waals surface area (Å²) in [6.07, 6.45) is 1.47. The summed E-state index contributed by atoms with van der Waals surface area (Å²) >= 11 is 0. The smallest absolute Gasteiger partial charge is 0.264 e. The van der Waals surface area contributed by atoms with Gasteiger partial charge >= 0.3 is 0 Å². The fraction of sp³-hybridized carbons (Fsp3) is 0.381. The van der Waals surface area contributed by atoms with Crippen LogP contribution in [0.5, 0.6) is 0 Å². The molecule has 0 radical (unpaired) electrons. The Balaban J connectivity index is 1.51. The van der Waals surface area contributed by atoms with E-state index in [1.807, 2.05) is 26.0 Å². The number of benzene rings is 1. The third-order valence-corrected chi connectivity index (χ3v) is 5.48. The number of aromatic amines is 1. The Morgan fingerprint density at radius 3 is 2.62 bits per heavy atom. The van der Waals surface area contributed by atoms with E-state index in [1.165, 1.54) is 10.7 Å². The van der Waals surface area contributed by atoms with E-state index in [4.69, 9.17) is 0 Å². The van der Waals surface area contributed by atoms with Gasteiger partial charge < -0.3 is 20.1 Å². The number of rotatable bonds is 4. The lowest BCUT2D eigenvalue weighted by atomic mass is 10.1. The minimum absolute atomic E-state index is 0.0276. The molecule has 0 atom stereocenters. The maximum absolute atomic E-state index is 12.7. The summed E-state index contributed by atoms with van der Waals surface area (Å²) < 4.78 is 1.51. The summed E-state index contributed by atoms with van der Waals surface area (Å²) in [6.45, 7) is 11.2. The molecule has 8 heteroatoms. The molecule has 152 valence electrons. The first kappa shape index (κ1) is 19.2. The van der Waals surface area contributed by atoms with Crippen molar-refractivity contribution in [3.8, 4) is 0 Å². The molecule has 0 aliphatic carbocycles. The summed E-state index contributed by atoms with van der Waals surface area (Å²) in [5.41, 5.74) is 3.74. The van der Waals surface area contributed by atoms with Crippen molar-refractivity contribution in [2.24, 2.45) is 0 Å². The van der Waals surface area contributed by atoms with Gasteiger partial charge in [0.25, 0.3) is 11.5 Å². The summed E-state index contributed by atoms with van der Waals surface area (Å²) in [5.74, 6) is -0.450. The van der Waals surface area contributed by atoms with Gasteiger partial charge in [-0.3, -0.25) is 9.59 Å². The van der Waals surface area contributed by atoms with E-state index in [9.17, 15) is 9.59 Å². The molecule has 1 aromatic carbocycles. The first-order valence-corrected chi connectivity index (χ1v) is 9.93. The van der Waals surface area contributed by atoms with Crippen molar-refractivity contribution in [1.29, 1.82) is 0 Å². The number of aryl methyl sites for hydroxylation is 2. The molecule has 29 heavy (non-hydrogen) atoms. The maximum Gasteiger partial charge on any atom is 0.264 e. The Kier molecular flexibility index (Phi) is 5.10. The van der Waals surface area contributed by atoms with Gasteiger partial charge in [-0.1, -0.05) is 6.92 Å². The molecule has 8 nitrogen and oxygen atoms in total. The van der Waals surface area contributed by atoms with Crippen molar-refractivity contribution in [2.45, 2.75) is 20.8 Å². The van der Waals surface area contributed by atoms with Crippen LogP contribution in [-0.4, -0.2) is 58.1 Å². The standard InChI is InChI=1S/C21H26N6O2/c1-4-25-7-9-26(10-8-25)16-5-6-18(14(2)11-16)22-20(28)17-13-27-19(23-21(17)29)12-15(3)24-27/h5-6,11-13H,4,7-10H2,1-3H3,(H,22,28)(H,23,29). The normalized spacial score (nSPS) is 15.1. The van der Waals surface area contributed by atoms with Gasteiger partial charge in [0.05, 0.1) is 5.69 Å². The van der Waals surface area contributed by atoms with Crippen LogP contribution in [0.25, 0.3) is 5.65 Å². The van der Waals surface area contributed by atoms with E-state index in [1.54, 1.807) is 6.07 Å². The number of amides is 1. The number of aromatic nitrogens is 3. The third kappa shape index (κ3) is 3.88. The third-order valence-electron chi connectivity index (χ3n) is 5.48. The number of carbonyl (C=O) groups is 1. The van der Waals surface area contributed by atoms with Crippen molar-refractivity contribution in [3.63, 3.8) is 0 Å². The van der Waals surface area contributed by atoms with Crippen LogP contribution in [0.3, 0.4) is 0 Å². The number of anilines is 2. The highest BCUT2D eigenvalue weighted by molar-refractivity contribution is 6.04. The Bertz CT molecular complexity index is 1110. The van der Waals surface area contributed by atoms with E-state index < -0.39 is 11.5 Å². The van der Waals surface area contributed by atoms with Gasteiger partial charge in [0.15, 0.2) is 0 Å². The minimum Gasteiger partial charge on any atom is -0.369 e. The van der Waals surface area contributed by atoms with E-state index >= 15 is 0 Å². The Morgan fingerprint density at radius 2 is 1.93 bits per heavy atom. The predicted molar refractivity (Wildman–Crippen MR) is 114 cm³/mol. The molecule has 1 aliphatic rings. The molecular weight excluding hydrogens is 368 g/mol. The topological polar surface area (TPSA) is 85.7 Å². The highest BCUT2D eigenvalue weighted by Crippen LogP contribution is 2.24. The van der Waals surface area contributed by atoms with Crippen LogP contribution in [-0.2, 0) is 0 Å². The highest BCUT2D eigenvalue weighted by Gasteiger charge is 2.18. The zero-order chi connectivity index (χ0) is 20.5. The summed E-state index contributed by atoms with van der Waals surface area (Å²) in [6, 6.07) is 7.77. The van der Waals surface area contributed by atoms with E-state index in [0.29, 0.717) is 11.3 Å². The average Bonchev–Trinajstić information content (AvgIpc) is 3.07. The van der Waals surface area contributed by atoms with Crippen LogP contribution in [0.4, 0.5) is 11.4 Å². The second-order valence-electron chi connectivity index (χ2n) is 7.49. The summed E-state index contributed by atoms with van der Waals surface area (Å²) in [5, 5.41) is 7.11. The molecule has 1 fully saturated rings. The fourth-order valence-corrected chi connectivity index (χ4v) is 3.73. The van der Waals surface area contributed by atoms with Crippen LogP contribution < -0.4 is 15.8 Å². The lowest BCUT2D eigenvalue weighted by molar-refractivity contribution is 0.102. The van der Waals surface area contributed by atoms with E-state index in [0.717, 1.165) is 49.7 Å². The molecule has 1 amide bonds. The van der Waals surface area contributed by atoms with Crippen LogP contribution in [0, 0.1) is 13.8 Å². The monoisotopic (exact) mass is 394 g/mol. The summed E-state index contributed by atoms with van der Waals surface area (Å²) in [4.78, 5) is 32.5. The van der Waals surface area contributed by atoms with Gasteiger partial charge in [-0.15, -0.1) is 0 Å². The summed E-state index contributed by atoms with van der Waals surface area (Å²) in [7, 11) is 0. The van der Waals surface area contributed by atoms with Crippen molar-refractivity contribution < 1.29 is 4.79 Å². The molecule has 4 rings (SSSR count). The van der Waals surface area contributed by atoms with Gasteiger partial charge in [-0.05, 0) is 44.2 Å². The minimum atomic E-state index is -0.450. The number of hydrogen-bond acceptors (Lipinski definition) is 5. The molecular formula is C21H26N6O2. The Hall–Kier alpha value is -3.13. The SMILES string of the molecule is CCN1CCN(c2ccc(NC(=O)c3cn4nc(C)cc4[nH]c3=O)c(C)c2)CC1. The van der Waals surface area contributed by atoms with Gasteiger partial charge in [0.2, 0.25) is 0 Å². The van der Waals surface area contributed by atoms with Crippen LogP contribution in [0.15, 0.2) is 35.3 Å². The Labute approximate surface area is 169 Å². The number of hydrogen-bond donors (Lipinski definition) is 2. The van der Waals surface area contributed by atoms with Crippen molar-refractivity contribution in [1.82, 2.24) is 19.5 Å². The van der Waals surface area contributed by atoms with E-state index in [2.05, 4.69) is 38.2 Å². The molecule has 0 unspecified atom stereocenters. The number of carbonyl (C=O) groups excluding carboxylic acids is 1. The predicted octanol–water partition coefficient (Wildman–Crippen LogP) is 2.03. The van der Waals surface area contributed by atoms with E-state index in [-0.39, 0.29) is 5.56 Å². The van der Waals surface area contributed by atoms with Crippen molar-refractivity contribution in [3.05, 3.63) is 57.6 Å². The number of nitrogens with zero attached hydrogens (tertiary/aromatic N) is 4. The molecule has 1 aliphatic heterocycles. The molecule has 2 N–H and O–H groups in total. The van der Waals surface area contributed by atoms with Gasteiger partial charge in [0, 0.05) is 49.8 Å². The second kappa shape index (κ2) is 7.71. The molecule has 3 heterocycles. The Morgan fingerprint density at radius 1 is 1.17 bits per heavy atom.